The second-order valence-corrected chi connectivity index (χ2v) is 5.78. The molecule has 0 amide bonds. The quantitative estimate of drug-likeness (QED) is 0.522. The van der Waals surface area contributed by atoms with Crippen LogP contribution in [0.3, 0.4) is 0 Å². The van der Waals surface area contributed by atoms with Gasteiger partial charge in [0.15, 0.2) is 5.79 Å². The lowest BCUT2D eigenvalue weighted by Gasteiger charge is -2.34. The van der Waals surface area contributed by atoms with E-state index in [1.807, 2.05) is 0 Å². The number of unbranched alkanes of at least 4 members (excludes halogenated alkanes) is 1. The van der Waals surface area contributed by atoms with E-state index in [2.05, 4.69) is 41.5 Å². The molecule has 0 saturated carbocycles. The highest BCUT2D eigenvalue weighted by Crippen LogP contribution is 2.26. The van der Waals surface area contributed by atoms with E-state index >= 15 is 0 Å². The fourth-order valence-electron chi connectivity index (χ4n) is 1.65. The number of hydrogen-bond donors (Lipinski definition) is 0. The Hall–Kier alpha value is -0.0800. The van der Waals surface area contributed by atoms with Crippen LogP contribution in [0.1, 0.15) is 67.2 Å². The molecular formula is C15H32O2. The third kappa shape index (κ3) is 7.77. The maximum Gasteiger partial charge on any atom is 0.168 e. The minimum absolute atomic E-state index is 0.343. The average Bonchev–Trinajstić information content (AvgIpc) is 2.28. The minimum atomic E-state index is -0.343. The zero-order chi connectivity index (χ0) is 13.3. The monoisotopic (exact) mass is 244 g/mol. The molecule has 17 heavy (non-hydrogen) atoms. The molecule has 2 heteroatoms. The number of hydrogen-bond acceptors (Lipinski definition) is 2. The molecule has 0 aromatic heterocycles. The largest absolute Gasteiger partial charge is 0.350 e. The maximum atomic E-state index is 6.07. The molecule has 2 nitrogen and oxygen atoms in total. The van der Waals surface area contributed by atoms with Gasteiger partial charge >= 0.3 is 0 Å². The first-order valence-electron chi connectivity index (χ1n) is 7.23. The van der Waals surface area contributed by atoms with Crippen molar-refractivity contribution in [3.05, 3.63) is 0 Å². The van der Waals surface area contributed by atoms with Crippen molar-refractivity contribution in [3.8, 4) is 0 Å². The molecule has 0 spiro atoms. The molecule has 0 unspecified atom stereocenters. The van der Waals surface area contributed by atoms with E-state index in [0.29, 0.717) is 11.8 Å². The molecule has 0 aromatic rings. The van der Waals surface area contributed by atoms with Gasteiger partial charge in [-0.25, -0.2) is 0 Å². The second kappa shape index (κ2) is 8.93. The van der Waals surface area contributed by atoms with Crippen LogP contribution in [0.5, 0.6) is 0 Å². The van der Waals surface area contributed by atoms with E-state index in [1.165, 1.54) is 12.8 Å². The highest BCUT2D eigenvalue weighted by molar-refractivity contribution is 4.69. The fraction of sp³-hybridized carbons (Fsp3) is 1.00. The van der Waals surface area contributed by atoms with Crippen LogP contribution in [0.25, 0.3) is 0 Å². The fourth-order valence-corrected chi connectivity index (χ4v) is 1.65. The Balaban J connectivity index is 4.38. The summed E-state index contributed by atoms with van der Waals surface area (Å²) in [5.74, 6) is 0.778. The van der Waals surface area contributed by atoms with Crippen LogP contribution < -0.4 is 0 Å². The van der Waals surface area contributed by atoms with Gasteiger partial charge in [-0.3, -0.25) is 0 Å². The Morgan fingerprint density at radius 1 is 0.882 bits per heavy atom. The predicted molar refractivity (Wildman–Crippen MR) is 74.1 cm³/mol. The molecular weight excluding hydrogens is 212 g/mol. The van der Waals surface area contributed by atoms with E-state index < -0.39 is 0 Å². The Bertz CT molecular complexity index is 164. The van der Waals surface area contributed by atoms with E-state index in [1.54, 1.807) is 0 Å². The molecule has 0 aromatic carbocycles. The second-order valence-electron chi connectivity index (χ2n) is 5.78. The summed E-state index contributed by atoms with van der Waals surface area (Å²) >= 11 is 0. The molecule has 0 aliphatic heterocycles. The maximum absolute atomic E-state index is 6.07. The van der Waals surface area contributed by atoms with Gasteiger partial charge in [-0.1, -0.05) is 48.0 Å². The van der Waals surface area contributed by atoms with Crippen LogP contribution in [-0.4, -0.2) is 19.0 Å². The van der Waals surface area contributed by atoms with E-state index in [9.17, 15) is 0 Å². The molecule has 0 N–H and O–H groups in total. The van der Waals surface area contributed by atoms with Gasteiger partial charge in [0.25, 0.3) is 0 Å². The Morgan fingerprint density at radius 2 is 1.35 bits per heavy atom. The standard InChI is InChI=1S/C15H32O2/c1-7-9-10-15(8-2,16-11-13(3)4)17-12-14(5)6/h13-14H,7-12H2,1-6H3. The van der Waals surface area contributed by atoms with Crippen LogP contribution in [0, 0.1) is 11.8 Å². The van der Waals surface area contributed by atoms with E-state index in [4.69, 9.17) is 9.47 Å². The summed E-state index contributed by atoms with van der Waals surface area (Å²) in [5.41, 5.74) is 0. The van der Waals surface area contributed by atoms with Crippen molar-refractivity contribution in [1.82, 2.24) is 0 Å². The van der Waals surface area contributed by atoms with Crippen molar-refractivity contribution < 1.29 is 9.47 Å². The lowest BCUT2D eigenvalue weighted by Crippen LogP contribution is -2.37. The predicted octanol–water partition coefficient (Wildman–Crippen LogP) is 4.63. The third-order valence-electron chi connectivity index (χ3n) is 2.81. The van der Waals surface area contributed by atoms with Crippen molar-refractivity contribution in [2.45, 2.75) is 73.0 Å². The lowest BCUT2D eigenvalue weighted by molar-refractivity contribution is -0.251. The van der Waals surface area contributed by atoms with Crippen LogP contribution >= 0.6 is 0 Å². The SMILES string of the molecule is CCCCC(CC)(OCC(C)C)OCC(C)C. The van der Waals surface area contributed by atoms with Gasteiger partial charge in [0.1, 0.15) is 0 Å². The zero-order valence-corrected chi connectivity index (χ0v) is 12.7. The van der Waals surface area contributed by atoms with E-state index in [-0.39, 0.29) is 5.79 Å². The molecule has 104 valence electrons. The summed E-state index contributed by atoms with van der Waals surface area (Å²) in [5, 5.41) is 0. The summed E-state index contributed by atoms with van der Waals surface area (Å²) in [7, 11) is 0. The molecule has 0 saturated heterocycles. The molecule has 0 aliphatic carbocycles. The third-order valence-corrected chi connectivity index (χ3v) is 2.81. The summed E-state index contributed by atoms with van der Waals surface area (Å²) in [6.45, 7) is 14.7. The molecule has 0 aliphatic rings. The van der Waals surface area contributed by atoms with Gasteiger partial charge < -0.3 is 9.47 Å². The Kier molecular flexibility index (Phi) is 8.89. The first kappa shape index (κ1) is 16.9. The van der Waals surface area contributed by atoms with E-state index in [0.717, 1.165) is 26.1 Å². The van der Waals surface area contributed by atoms with Gasteiger partial charge in [0, 0.05) is 6.42 Å². The van der Waals surface area contributed by atoms with Crippen LogP contribution in [0.4, 0.5) is 0 Å². The number of rotatable bonds is 10. The molecule has 0 bridgehead atoms. The topological polar surface area (TPSA) is 18.5 Å². The first-order valence-corrected chi connectivity index (χ1v) is 7.23. The van der Waals surface area contributed by atoms with Crippen molar-refractivity contribution in [3.63, 3.8) is 0 Å². The summed E-state index contributed by atoms with van der Waals surface area (Å²) < 4.78 is 12.1. The lowest BCUT2D eigenvalue weighted by atomic mass is 10.1. The highest BCUT2D eigenvalue weighted by Gasteiger charge is 2.29. The van der Waals surface area contributed by atoms with Gasteiger partial charge in [0.2, 0.25) is 0 Å². The van der Waals surface area contributed by atoms with Gasteiger partial charge in [-0.2, -0.15) is 0 Å². The number of ether oxygens (including phenoxy) is 2. The Labute approximate surface area is 108 Å². The molecule has 0 fully saturated rings. The van der Waals surface area contributed by atoms with Crippen molar-refractivity contribution in [2.24, 2.45) is 11.8 Å². The Morgan fingerprint density at radius 3 is 1.65 bits per heavy atom. The molecule has 0 radical (unpaired) electrons. The highest BCUT2D eigenvalue weighted by atomic mass is 16.7. The van der Waals surface area contributed by atoms with Crippen molar-refractivity contribution in [1.29, 1.82) is 0 Å². The summed E-state index contributed by atoms with van der Waals surface area (Å²) in [6, 6.07) is 0. The van der Waals surface area contributed by atoms with Crippen molar-refractivity contribution in [2.75, 3.05) is 13.2 Å². The van der Waals surface area contributed by atoms with Gasteiger partial charge in [0.05, 0.1) is 13.2 Å². The molecule has 0 atom stereocenters. The van der Waals surface area contributed by atoms with Crippen molar-refractivity contribution >= 4 is 0 Å². The normalized spacial score (nSPS) is 12.7. The zero-order valence-electron chi connectivity index (χ0n) is 12.7. The van der Waals surface area contributed by atoms with Gasteiger partial charge in [-0.15, -0.1) is 0 Å². The summed E-state index contributed by atoms with van der Waals surface area (Å²) in [4.78, 5) is 0. The summed E-state index contributed by atoms with van der Waals surface area (Å²) in [6.07, 6.45) is 4.31. The molecule has 0 heterocycles. The first-order chi connectivity index (χ1) is 7.95. The smallest absolute Gasteiger partial charge is 0.168 e. The van der Waals surface area contributed by atoms with Gasteiger partial charge in [-0.05, 0) is 24.7 Å². The average molecular weight is 244 g/mol. The molecule has 0 rings (SSSR count). The minimum Gasteiger partial charge on any atom is -0.350 e. The van der Waals surface area contributed by atoms with Crippen LogP contribution in [-0.2, 0) is 9.47 Å². The van der Waals surface area contributed by atoms with Crippen LogP contribution in [0.15, 0.2) is 0 Å². The van der Waals surface area contributed by atoms with Crippen LogP contribution in [0.2, 0.25) is 0 Å².